The zero-order valence-electron chi connectivity index (χ0n) is 10.7. The fourth-order valence-electron chi connectivity index (χ4n) is 2.03. The van der Waals surface area contributed by atoms with Gasteiger partial charge in [-0.2, -0.15) is 0 Å². The van der Waals surface area contributed by atoms with Crippen molar-refractivity contribution in [2.75, 3.05) is 5.32 Å². The van der Waals surface area contributed by atoms with Crippen molar-refractivity contribution in [2.45, 2.75) is 13.3 Å². The minimum Gasteiger partial charge on any atom is -0.302 e. The molecule has 1 N–H and O–H groups in total. The van der Waals surface area contributed by atoms with Gasteiger partial charge in [0.2, 0.25) is 5.91 Å². The number of aromatic nitrogens is 1. The molecule has 0 aliphatic heterocycles. The summed E-state index contributed by atoms with van der Waals surface area (Å²) in [6.45, 7) is 2.01. The van der Waals surface area contributed by atoms with Crippen LogP contribution in [-0.2, 0) is 4.79 Å². The number of rotatable bonds is 3. The Morgan fingerprint density at radius 1 is 1.45 bits per heavy atom. The van der Waals surface area contributed by atoms with Crippen LogP contribution in [0.4, 0.5) is 13.9 Å². The van der Waals surface area contributed by atoms with Crippen molar-refractivity contribution >= 4 is 22.4 Å². The first-order valence-corrected chi connectivity index (χ1v) is 7.14. The largest absolute Gasteiger partial charge is 0.302 e. The van der Waals surface area contributed by atoms with Crippen molar-refractivity contribution in [3.05, 3.63) is 35.2 Å². The summed E-state index contributed by atoms with van der Waals surface area (Å²) in [6, 6.07) is 3.22. The molecule has 20 heavy (non-hydrogen) atoms. The fraction of sp³-hybridized carbons (Fsp3) is 0.286. The number of hydrogen-bond donors (Lipinski definition) is 1. The lowest BCUT2D eigenvalue weighted by molar-refractivity contribution is -0.117. The highest BCUT2D eigenvalue weighted by Gasteiger charge is 2.39. The van der Waals surface area contributed by atoms with Crippen LogP contribution in [0.3, 0.4) is 0 Å². The van der Waals surface area contributed by atoms with Gasteiger partial charge < -0.3 is 5.32 Å². The quantitative estimate of drug-likeness (QED) is 0.938. The van der Waals surface area contributed by atoms with E-state index >= 15 is 0 Å². The van der Waals surface area contributed by atoms with Gasteiger partial charge in [0, 0.05) is 16.9 Å². The SMILES string of the molecule is C[C@@H]1C[C@@H]1C(=O)Nc1nc(-c2cc(F)ccc2F)cs1. The second kappa shape index (κ2) is 4.94. The van der Waals surface area contributed by atoms with Gasteiger partial charge in [0.05, 0.1) is 5.69 Å². The first-order chi connectivity index (χ1) is 9.54. The van der Waals surface area contributed by atoms with Crippen molar-refractivity contribution in [3.8, 4) is 11.3 Å². The van der Waals surface area contributed by atoms with E-state index in [0.29, 0.717) is 16.7 Å². The van der Waals surface area contributed by atoms with Crippen LogP contribution in [0, 0.1) is 23.5 Å². The molecule has 0 unspecified atom stereocenters. The number of anilines is 1. The predicted molar refractivity (Wildman–Crippen MR) is 73.4 cm³/mol. The van der Waals surface area contributed by atoms with Gasteiger partial charge in [0.15, 0.2) is 5.13 Å². The lowest BCUT2D eigenvalue weighted by Gasteiger charge is -2.00. The molecule has 3 nitrogen and oxygen atoms in total. The lowest BCUT2D eigenvalue weighted by atomic mass is 10.1. The van der Waals surface area contributed by atoms with Crippen LogP contribution in [0.5, 0.6) is 0 Å². The van der Waals surface area contributed by atoms with E-state index in [9.17, 15) is 13.6 Å². The minimum atomic E-state index is -0.537. The highest BCUT2D eigenvalue weighted by atomic mass is 32.1. The van der Waals surface area contributed by atoms with Crippen LogP contribution >= 0.6 is 11.3 Å². The number of amides is 1. The van der Waals surface area contributed by atoms with E-state index in [-0.39, 0.29) is 17.4 Å². The maximum Gasteiger partial charge on any atom is 0.229 e. The van der Waals surface area contributed by atoms with E-state index in [1.807, 2.05) is 6.92 Å². The van der Waals surface area contributed by atoms with Gasteiger partial charge in [-0.25, -0.2) is 13.8 Å². The summed E-state index contributed by atoms with van der Waals surface area (Å²) in [5, 5.41) is 4.72. The molecule has 6 heteroatoms. The molecule has 2 atom stereocenters. The standard InChI is InChI=1S/C14H12F2N2OS/c1-7-4-9(7)13(19)18-14-17-12(6-20-14)10-5-8(15)2-3-11(10)16/h2-3,5-7,9H,4H2,1H3,(H,17,18,19)/t7-,9+/m1/s1. The summed E-state index contributed by atoms with van der Waals surface area (Å²) in [4.78, 5) is 15.9. The molecule has 0 radical (unpaired) electrons. The van der Waals surface area contributed by atoms with Gasteiger partial charge in [-0.1, -0.05) is 6.92 Å². The Hall–Kier alpha value is -1.82. The molecule has 3 rings (SSSR count). The van der Waals surface area contributed by atoms with E-state index in [1.165, 1.54) is 11.3 Å². The molecule has 1 aliphatic rings. The predicted octanol–water partition coefficient (Wildman–Crippen LogP) is 3.68. The van der Waals surface area contributed by atoms with Crippen molar-refractivity contribution in [3.63, 3.8) is 0 Å². The zero-order valence-corrected chi connectivity index (χ0v) is 11.5. The summed E-state index contributed by atoms with van der Waals surface area (Å²) in [7, 11) is 0. The molecule has 1 heterocycles. The highest BCUT2D eigenvalue weighted by molar-refractivity contribution is 7.14. The molecule has 1 aromatic carbocycles. The average Bonchev–Trinajstić information content (AvgIpc) is 2.97. The molecular formula is C14H12F2N2OS. The molecular weight excluding hydrogens is 282 g/mol. The molecule has 1 saturated carbocycles. The van der Waals surface area contributed by atoms with Gasteiger partial charge in [-0.05, 0) is 30.5 Å². The van der Waals surface area contributed by atoms with Crippen LogP contribution in [0.2, 0.25) is 0 Å². The van der Waals surface area contributed by atoms with Crippen LogP contribution in [0.25, 0.3) is 11.3 Å². The molecule has 0 saturated heterocycles. The maximum absolute atomic E-state index is 13.6. The molecule has 2 aromatic rings. The molecule has 0 bridgehead atoms. The third kappa shape index (κ3) is 2.56. The van der Waals surface area contributed by atoms with Crippen molar-refractivity contribution in [1.29, 1.82) is 0 Å². The maximum atomic E-state index is 13.6. The average molecular weight is 294 g/mol. The van der Waals surface area contributed by atoms with E-state index in [1.54, 1.807) is 5.38 Å². The smallest absolute Gasteiger partial charge is 0.229 e. The van der Waals surface area contributed by atoms with E-state index < -0.39 is 11.6 Å². The van der Waals surface area contributed by atoms with E-state index in [0.717, 1.165) is 24.6 Å². The van der Waals surface area contributed by atoms with E-state index in [2.05, 4.69) is 10.3 Å². The van der Waals surface area contributed by atoms with Crippen molar-refractivity contribution in [1.82, 2.24) is 4.98 Å². The number of carbonyl (C=O) groups excluding carboxylic acids is 1. The highest BCUT2D eigenvalue weighted by Crippen LogP contribution is 2.39. The fourth-order valence-corrected chi connectivity index (χ4v) is 2.75. The summed E-state index contributed by atoms with van der Waals surface area (Å²) < 4.78 is 26.8. The number of nitrogens with one attached hydrogen (secondary N) is 1. The summed E-state index contributed by atoms with van der Waals surface area (Å²) in [6.07, 6.45) is 0.891. The minimum absolute atomic E-state index is 0.0493. The van der Waals surface area contributed by atoms with Crippen LogP contribution < -0.4 is 5.32 Å². The van der Waals surface area contributed by atoms with Crippen LogP contribution in [-0.4, -0.2) is 10.9 Å². The Morgan fingerprint density at radius 2 is 2.20 bits per heavy atom. The Kier molecular flexibility index (Phi) is 3.25. The third-order valence-electron chi connectivity index (χ3n) is 3.38. The number of halogens is 2. The number of carbonyl (C=O) groups is 1. The second-order valence-corrected chi connectivity index (χ2v) is 5.83. The van der Waals surface area contributed by atoms with Crippen LogP contribution in [0.15, 0.2) is 23.6 Å². The van der Waals surface area contributed by atoms with Gasteiger partial charge in [-0.15, -0.1) is 11.3 Å². The molecule has 1 aromatic heterocycles. The monoisotopic (exact) mass is 294 g/mol. The Bertz CT molecular complexity index is 671. The van der Waals surface area contributed by atoms with Crippen molar-refractivity contribution in [2.24, 2.45) is 11.8 Å². The first-order valence-electron chi connectivity index (χ1n) is 6.26. The molecule has 0 spiro atoms. The Morgan fingerprint density at radius 3 is 2.90 bits per heavy atom. The second-order valence-electron chi connectivity index (χ2n) is 4.97. The molecule has 1 aliphatic carbocycles. The van der Waals surface area contributed by atoms with Gasteiger partial charge in [0.1, 0.15) is 11.6 Å². The van der Waals surface area contributed by atoms with Crippen molar-refractivity contribution < 1.29 is 13.6 Å². The van der Waals surface area contributed by atoms with Gasteiger partial charge in [0.25, 0.3) is 0 Å². The zero-order chi connectivity index (χ0) is 14.3. The third-order valence-corrected chi connectivity index (χ3v) is 4.14. The summed E-state index contributed by atoms with van der Waals surface area (Å²) in [5.74, 6) is -0.654. The van der Waals surface area contributed by atoms with Gasteiger partial charge >= 0.3 is 0 Å². The summed E-state index contributed by atoms with van der Waals surface area (Å²) in [5.41, 5.74) is 0.424. The molecule has 104 valence electrons. The number of thiazole rings is 1. The first kappa shape index (κ1) is 13.2. The topological polar surface area (TPSA) is 42.0 Å². The Balaban J connectivity index is 1.79. The number of nitrogens with zero attached hydrogens (tertiary/aromatic N) is 1. The Labute approximate surface area is 118 Å². The molecule has 1 amide bonds. The lowest BCUT2D eigenvalue weighted by Crippen LogP contribution is -2.14. The molecule has 1 fully saturated rings. The van der Waals surface area contributed by atoms with E-state index in [4.69, 9.17) is 0 Å². The van der Waals surface area contributed by atoms with Crippen LogP contribution in [0.1, 0.15) is 13.3 Å². The van der Waals surface area contributed by atoms with Gasteiger partial charge in [-0.3, -0.25) is 4.79 Å². The number of benzene rings is 1. The normalized spacial score (nSPS) is 20.8. The summed E-state index contributed by atoms with van der Waals surface area (Å²) >= 11 is 1.20. The number of hydrogen-bond acceptors (Lipinski definition) is 3.